The lowest BCUT2D eigenvalue weighted by Gasteiger charge is -2.39. The highest BCUT2D eigenvalue weighted by Gasteiger charge is 2.34. The fourth-order valence-corrected chi connectivity index (χ4v) is 4.87. The predicted molar refractivity (Wildman–Crippen MR) is 131 cm³/mol. The summed E-state index contributed by atoms with van der Waals surface area (Å²) >= 11 is 0. The van der Waals surface area contributed by atoms with Crippen molar-refractivity contribution in [2.24, 2.45) is 0 Å². The Morgan fingerprint density at radius 1 is 1.03 bits per heavy atom. The molecule has 1 heterocycles. The normalized spacial score (nSPS) is 15.5. The summed E-state index contributed by atoms with van der Waals surface area (Å²) in [5, 5.41) is 11.8. The Labute approximate surface area is 217 Å². The van der Waals surface area contributed by atoms with Crippen LogP contribution in [0.3, 0.4) is 0 Å². The van der Waals surface area contributed by atoms with Gasteiger partial charge in [-0.2, -0.15) is 13.2 Å². The molecule has 1 atom stereocenters. The van der Waals surface area contributed by atoms with E-state index in [9.17, 15) is 36.4 Å². The van der Waals surface area contributed by atoms with Crippen LogP contribution < -0.4 is 19.8 Å². The van der Waals surface area contributed by atoms with Gasteiger partial charge in [-0.25, -0.2) is 18.7 Å². The van der Waals surface area contributed by atoms with Crippen molar-refractivity contribution >= 4 is 27.6 Å². The standard InChI is InChI=1S/C23H28F3N5O6S/c1-27-22(33)30-13-11-29(12-14-30)20(21(32)28-34)15-31(38(2,35)36)17-5-9-19(10-6-17)37-18-7-3-16(4-8-18)23(24,25)26/h3-10,20,34H,11-15H2,1-2H3,(H,27,33)(H,28,32). The Kier molecular flexibility index (Phi) is 9.06. The number of hydrogen-bond acceptors (Lipinski definition) is 7. The van der Waals surface area contributed by atoms with Crippen LogP contribution in [-0.2, 0) is 21.0 Å². The third-order valence-electron chi connectivity index (χ3n) is 5.95. The molecule has 38 heavy (non-hydrogen) atoms. The fraction of sp³-hybridized carbons (Fsp3) is 0.391. The molecule has 0 saturated carbocycles. The number of hydrogen-bond donors (Lipinski definition) is 3. The first-order valence-corrected chi connectivity index (χ1v) is 13.3. The number of benzene rings is 2. The van der Waals surface area contributed by atoms with Crippen molar-refractivity contribution in [1.82, 2.24) is 20.6 Å². The van der Waals surface area contributed by atoms with Gasteiger partial charge in [0, 0.05) is 33.2 Å². The maximum absolute atomic E-state index is 12.8. The lowest BCUT2D eigenvalue weighted by molar-refractivity contribution is -0.137. The van der Waals surface area contributed by atoms with E-state index in [1.54, 1.807) is 15.3 Å². The summed E-state index contributed by atoms with van der Waals surface area (Å²) in [6.07, 6.45) is -3.51. The number of carbonyl (C=O) groups is 2. The minimum absolute atomic E-state index is 0.154. The van der Waals surface area contributed by atoms with Crippen molar-refractivity contribution in [3.8, 4) is 11.5 Å². The first-order valence-electron chi connectivity index (χ1n) is 11.4. The van der Waals surface area contributed by atoms with E-state index in [1.165, 1.54) is 43.4 Å². The lowest BCUT2D eigenvalue weighted by atomic mass is 10.2. The molecule has 1 saturated heterocycles. The number of rotatable bonds is 8. The number of nitrogens with one attached hydrogen (secondary N) is 2. The van der Waals surface area contributed by atoms with Crippen LogP contribution in [0.2, 0.25) is 0 Å². The Morgan fingerprint density at radius 3 is 2.00 bits per heavy atom. The monoisotopic (exact) mass is 559 g/mol. The Balaban J connectivity index is 1.76. The molecule has 0 radical (unpaired) electrons. The molecule has 1 fully saturated rings. The number of ether oxygens (including phenoxy) is 1. The van der Waals surface area contributed by atoms with Crippen molar-refractivity contribution in [2.45, 2.75) is 12.2 Å². The summed E-state index contributed by atoms with van der Waals surface area (Å²) in [4.78, 5) is 27.6. The molecule has 3 rings (SSSR count). The third kappa shape index (κ3) is 7.26. The average molecular weight is 560 g/mol. The number of nitrogens with zero attached hydrogens (tertiary/aromatic N) is 3. The summed E-state index contributed by atoms with van der Waals surface area (Å²) in [7, 11) is -2.39. The molecule has 3 amide bonds. The van der Waals surface area contributed by atoms with Gasteiger partial charge in [0.25, 0.3) is 5.91 Å². The number of piperazine rings is 1. The van der Waals surface area contributed by atoms with Crippen molar-refractivity contribution in [1.29, 1.82) is 0 Å². The molecule has 3 N–H and O–H groups in total. The fourth-order valence-electron chi connectivity index (χ4n) is 3.95. The van der Waals surface area contributed by atoms with Crippen LogP contribution in [0.4, 0.5) is 23.7 Å². The van der Waals surface area contributed by atoms with Crippen LogP contribution in [-0.4, -0.2) is 87.4 Å². The van der Waals surface area contributed by atoms with E-state index in [0.717, 1.165) is 22.7 Å². The second kappa shape index (κ2) is 11.9. The topological polar surface area (TPSA) is 132 Å². The van der Waals surface area contributed by atoms with Gasteiger partial charge in [0.15, 0.2) is 0 Å². The van der Waals surface area contributed by atoms with Gasteiger partial charge < -0.3 is 15.0 Å². The quantitative estimate of drug-likeness (QED) is 0.334. The summed E-state index contributed by atoms with van der Waals surface area (Å²) in [6.45, 7) is 0.795. The molecule has 0 spiro atoms. The van der Waals surface area contributed by atoms with Crippen molar-refractivity contribution in [3.63, 3.8) is 0 Å². The van der Waals surface area contributed by atoms with Gasteiger partial charge in [-0.3, -0.25) is 19.2 Å². The minimum Gasteiger partial charge on any atom is -0.457 e. The van der Waals surface area contributed by atoms with Gasteiger partial charge in [-0.15, -0.1) is 0 Å². The summed E-state index contributed by atoms with van der Waals surface area (Å²) in [5.41, 5.74) is 0.962. The zero-order valence-corrected chi connectivity index (χ0v) is 21.4. The van der Waals surface area contributed by atoms with Crippen molar-refractivity contribution in [2.75, 3.05) is 50.3 Å². The number of urea groups is 1. The van der Waals surface area contributed by atoms with Gasteiger partial charge in [-0.05, 0) is 48.5 Å². The van der Waals surface area contributed by atoms with E-state index in [-0.39, 0.29) is 42.9 Å². The molecule has 0 bridgehead atoms. The largest absolute Gasteiger partial charge is 0.457 e. The van der Waals surface area contributed by atoms with Gasteiger partial charge in [-0.1, -0.05) is 0 Å². The highest BCUT2D eigenvalue weighted by atomic mass is 32.2. The second-order valence-electron chi connectivity index (χ2n) is 8.48. The zero-order chi connectivity index (χ0) is 28.1. The van der Waals surface area contributed by atoms with Crippen LogP contribution in [0, 0.1) is 0 Å². The summed E-state index contributed by atoms with van der Waals surface area (Å²) < 4.78 is 70.1. The van der Waals surface area contributed by atoms with Crippen LogP contribution in [0.1, 0.15) is 5.56 Å². The van der Waals surface area contributed by atoms with Crippen LogP contribution in [0.25, 0.3) is 0 Å². The number of carbonyl (C=O) groups excluding carboxylic acids is 2. The molecule has 15 heteroatoms. The molecule has 2 aromatic carbocycles. The molecule has 11 nitrogen and oxygen atoms in total. The smallest absolute Gasteiger partial charge is 0.416 e. The number of hydroxylamine groups is 1. The summed E-state index contributed by atoms with van der Waals surface area (Å²) in [5.74, 6) is -0.410. The predicted octanol–water partition coefficient (Wildman–Crippen LogP) is 2.09. The van der Waals surface area contributed by atoms with Gasteiger partial charge >= 0.3 is 12.2 Å². The average Bonchev–Trinajstić information content (AvgIpc) is 2.88. The Hall–Kier alpha value is -3.56. The minimum atomic E-state index is -4.47. The first kappa shape index (κ1) is 29.0. The maximum Gasteiger partial charge on any atom is 0.416 e. The molecule has 0 aliphatic carbocycles. The lowest BCUT2D eigenvalue weighted by Crippen LogP contribution is -2.60. The van der Waals surface area contributed by atoms with E-state index >= 15 is 0 Å². The van der Waals surface area contributed by atoms with E-state index < -0.39 is 33.7 Å². The highest BCUT2D eigenvalue weighted by molar-refractivity contribution is 7.92. The number of sulfonamides is 1. The Bertz CT molecular complexity index is 1220. The number of alkyl halides is 3. The maximum atomic E-state index is 12.8. The van der Waals surface area contributed by atoms with E-state index in [1.807, 2.05) is 0 Å². The molecule has 1 unspecified atom stereocenters. The van der Waals surface area contributed by atoms with Gasteiger partial charge in [0.2, 0.25) is 10.0 Å². The molecule has 2 aromatic rings. The van der Waals surface area contributed by atoms with E-state index in [2.05, 4.69) is 5.32 Å². The van der Waals surface area contributed by atoms with Crippen LogP contribution in [0.5, 0.6) is 11.5 Å². The van der Waals surface area contributed by atoms with Gasteiger partial charge in [0.1, 0.15) is 17.5 Å². The highest BCUT2D eigenvalue weighted by Crippen LogP contribution is 2.32. The van der Waals surface area contributed by atoms with E-state index in [0.29, 0.717) is 13.1 Å². The first-order chi connectivity index (χ1) is 17.8. The molecule has 1 aliphatic heterocycles. The van der Waals surface area contributed by atoms with Crippen molar-refractivity contribution in [3.05, 3.63) is 54.1 Å². The molecule has 1 aliphatic rings. The number of anilines is 1. The third-order valence-corrected chi connectivity index (χ3v) is 7.11. The van der Waals surface area contributed by atoms with Crippen LogP contribution in [0.15, 0.2) is 48.5 Å². The molecular weight excluding hydrogens is 531 g/mol. The van der Waals surface area contributed by atoms with Crippen LogP contribution >= 0.6 is 0 Å². The SMILES string of the molecule is CNC(=O)N1CCN(C(CN(c2ccc(Oc3ccc(C(F)(F)F)cc3)cc2)S(C)(=O)=O)C(=O)NO)CC1. The van der Waals surface area contributed by atoms with Gasteiger partial charge in [0.05, 0.1) is 24.1 Å². The number of amides is 3. The Morgan fingerprint density at radius 2 is 1.55 bits per heavy atom. The second-order valence-corrected chi connectivity index (χ2v) is 10.4. The van der Waals surface area contributed by atoms with E-state index in [4.69, 9.17) is 4.74 Å². The van der Waals surface area contributed by atoms with Crippen molar-refractivity contribution < 1.29 is 41.1 Å². The molecule has 208 valence electrons. The summed E-state index contributed by atoms with van der Waals surface area (Å²) in [6, 6.07) is 8.50. The number of halogens is 3. The zero-order valence-electron chi connectivity index (χ0n) is 20.6. The molecular formula is C23H28F3N5O6S. The molecule has 0 aromatic heterocycles.